The number of aliphatic hydroxyl groups excluding tert-OH is 1. The van der Waals surface area contributed by atoms with Crippen molar-refractivity contribution in [1.82, 2.24) is 14.7 Å². The molecule has 1 fully saturated rings. The standard InChI is InChI=1S/C23H34N4O3/c1-5-30-15-27-18(4)22(17(3)25-27)11-16(2)23(29)24-20-8-6-7-19(12-20)13-26-10-9-21(28)14-26/h6-8,12,16,21,28H,5,9-11,13-15H2,1-4H3,(H,24,29). The van der Waals surface area contributed by atoms with Crippen LogP contribution in [-0.2, 0) is 29.2 Å². The molecule has 30 heavy (non-hydrogen) atoms. The summed E-state index contributed by atoms with van der Waals surface area (Å²) in [5, 5.41) is 17.3. The van der Waals surface area contributed by atoms with Crippen LogP contribution < -0.4 is 5.32 Å². The molecule has 1 aromatic carbocycles. The van der Waals surface area contributed by atoms with Gasteiger partial charge in [0.25, 0.3) is 0 Å². The third kappa shape index (κ3) is 5.68. The maximum Gasteiger partial charge on any atom is 0.227 e. The van der Waals surface area contributed by atoms with Gasteiger partial charge in [0.05, 0.1) is 11.8 Å². The molecule has 7 nitrogen and oxygen atoms in total. The zero-order chi connectivity index (χ0) is 21.7. The van der Waals surface area contributed by atoms with Crippen LogP contribution in [0, 0.1) is 19.8 Å². The van der Waals surface area contributed by atoms with Gasteiger partial charge in [0.2, 0.25) is 5.91 Å². The number of rotatable bonds is 9. The van der Waals surface area contributed by atoms with Crippen LogP contribution in [0.1, 0.15) is 42.8 Å². The normalized spacial score (nSPS) is 18.0. The molecule has 2 unspecified atom stereocenters. The first kappa shape index (κ1) is 22.5. The van der Waals surface area contributed by atoms with Crippen molar-refractivity contribution < 1.29 is 14.6 Å². The summed E-state index contributed by atoms with van der Waals surface area (Å²) < 4.78 is 7.33. The second-order valence-electron chi connectivity index (χ2n) is 8.24. The van der Waals surface area contributed by atoms with Gasteiger partial charge >= 0.3 is 0 Å². The van der Waals surface area contributed by atoms with E-state index in [4.69, 9.17) is 4.74 Å². The molecule has 2 aromatic rings. The predicted octanol–water partition coefficient (Wildman–Crippen LogP) is 2.88. The Kier molecular flexibility index (Phi) is 7.64. The molecule has 0 aliphatic carbocycles. The molecule has 2 N–H and O–H groups in total. The van der Waals surface area contributed by atoms with Crippen LogP contribution in [0.2, 0.25) is 0 Å². The number of aliphatic hydroxyl groups is 1. The number of benzene rings is 1. The number of ether oxygens (including phenoxy) is 1. The van der Waals surface area contributed by atoms with Gasteiger partial charge in [0.15, 0.2) is 0 Å². The quantitative estimate of drug-likeness (QED) is 0.660. The van der Waals surface area contributed by atoms with Gasteiger partial charge in [-0.05, 0) is 56.9 Å². The number of likely N-dealkylation sites (tertiary alicyclic amines) is 1. The number of hydrogen-bond acceptors (Lipinski definition) is 5. The first-order valence-corrected chi connectivity index (χ1v) is 10.8. The number of anilines is 1. The number of β-amino-alcohol motifs (C(OH)–C–C–N with tert-alkyl or cyclic N) is 1. The number of nitrogens with zero attached hydrogens (tertiary/aromatic N) is 3. The van der Waals surface area contributed by atoms with Crippen molar-refractivity contribution in [2.45, 2.75) is 59.9 Å². The summed E-state index contributed by atoms with van der Waals surface area (Å²) in [6, 6.07) is 7.97. The van der Waals surface area contributed by atoms with Crippen LogP contribution in [0.5, 0.6) is 0 Å². The highest BCUT2D eigenvalue weighted by molar-refractivity contribution is 5.92. The Balaban J connectivity index is 1.59. The number of nitrogens with one attached hydrogen (secondary N) is 1. The van der Waals surface area contributed by atoms with E-state index < -0.39 is 0 Å². The van der Waals surface area contributed by atoms with Crippen LogP contribution in [0.4, 0.5) is 5.69 Å². The average molecular weight is 415 g/mol. The molecule has 0 radical (unpaired) electrons. The van der Waals surface area contributed by atoms with E-state index in [1.54, 1.807) is 0 Å². The fourth-order valence-electron chi connectivity index (χ4n) is 3.96. The number of aromatic nitrogens is 2. The summed E-state index contributed by atoms with van der Waals surface area (Å²) in [6.07, 6.45) is 1.24. The monoisotopic (exact) mass is 414 g/mol. The Bertz CT molecular complexity index is 864. The molecule has 1 amide bonds. The Hall–Kier alpha value is -2.22. The largest absolute Gasteiger partial charge is 0.392 e. The topological polar surface area (TPSA) is 79.6 Å². The van der Waals surface area contributed by atoms with Gasteiger partial charge in [-0.3, -0.25) is 9.69 Å². The number of aryl methyl sites for hydroxylation is 1. The van der Waals surface area contributed by atoms with E-state index in [0.29, 0.717) is 26.3 Å². The van der Waals surface area contributed by atoms with E-state index in [2.05, 4.69) is 21.4 Å². The van der Waals surface area contributed by atoms with Gasteiger partial charge in [-0.25, -0.2) is 4.68 Å². The molecule has 2 heterocycles. The lowest BCUT2D eigenvalue weighted by Gasteiger charge is -2.16. The number of carbonyl (C=O) groups excluding carboxylic acids is 1. The van der Waals surface area contributed by atoms with Crippen LogP contribution in [0.3, 0.4) is 0 Å². The Morgan fingerprint density at radius 1 is 1.40 bits per heavy atom. The average Bonchev–Trinajstić information content (AvgIpc) is 3.23. The van der Waals surface area contributed by atoms with E-state index in [1.165, 1.54) is 0 Å². The lowest BCUT2D eigenvalue weighted by molar-refractivity contribution is -0.119. The molecular weight excluding hydrogens is 380 g/mol. The second-order valence-corrected chi connectivity index (χ2v) is 8.24. The number of amides is 1. The van der Waals surface area contributed by atoms with Crippen molar-refractivity contribution in [2.24, 2.45) is 5.92 Å². The number of hydrogen-bond donors (Lipinski definition) is 2. The highest BCUT2D eigenvalue weighted by atomic mass is 16.5. The molecule has 164 valence electrons. The number of carbonyl (C=O) groups is 1. The molecule has 1 saturated heterocycles. The Morgan fingerprint density at radius 2 is 2.20 bits per heavy atom. The Morgan fingerprint density at radius 3 is 2.90 bits per heavy atom. The van der Waals surface area contributed by atoms with Gasteiger partial charge in [-0.1, -0.05) is 19.1 Å². The van der Waals surface area contributed by atoms with E-state index in [-0.39, 0.29) is 17.9 Å². The fourth-order valence-corrected chi connectivity index (χ4v) is 3.96. The highest BCUT2D eigenvalue weighted by Gasteiger charge is 2.21. The van der Waals surface area contributed by atoms with Gasteiger partial charge in [0, 0.05) is 43.5 Å². The summed E-state index contributed by atoms with van der Waals surface area (Å²) in [6.45, 7) is 11.4. The highest BCUT2D eigenvalue weighted by Crippen LogP contribution is 2.20. The molecule has 0 saturated carbocycles. The van der Waals surface area contributed by atoms with Crippen LogP contribution in [0.25, 0.3) is 0 Å². The van der Waals surface area contributed by atoms with Crippen molar-refractivity contribution in [2.75, 3.05) is 25.0 Å². The molecule has 0 bridgehead atoms. The first-order valence-electron chi connectivity index (χ1n) is 10.8. The smallest absolute Gasteiger partial charge is 0.227 e. The molecule has 1 aliphatic rings. The van der Waals surface area contributed by atoms with Crippen molar-refractivity contribution in [1.29, 1.82) is 0 Å². The van der Waals surface area contributed by atoms with E-state index in [9.17, 15) is 9.90 Å². The lowest BCUT2D eigenvalue weighted by Crippen LogP contribution is -2.23. The second kappa shape index (κ2) is 10.2. The molecule has 1 aliphatic heterocycles. The minimum Gasteiger partial charge on any atom is -0.392 e. The van der Waals surface area contributed by atoms with Gasteiger partial charge in [-0.15, -0.1) is 0 Å². The van der Waals surface area contributed by atoms with Crippen LogP contribution in [0.15, 0.2) is 24.3 Å². The van der Waals surface area contributed by atoms with Crippen LogP contribution >= 0.6 is 0 Å². The SMILES string of the molecule is CCOCn1nc(C)c(CC(C)C(=O)Nc2cccc(CN3CCC(O)C3)c2)c1C. The summed E-state index contributed by atoms with van der Waals surface area (Å²) >= 11 is 0. The third-order valence-electron chi connectivity index (χ3n) is 5.76. The minimum atomic E-state index is -0.224. The van der Waals surface area contributed by atoms with Crippen molar-refractivity contribution in [3.63, 3.8) is 0 Å². The molecule has 3 rings (SSSR count). The predicted molar refractivity (Wildman–Crippen MR) is 117 cm³/mol. The van der Waals surface area contributed by atoms with E-state index in [1.807, 2.05) is 50.6 Å². The molecule has 1 aromatic heterocycles. The maximum absolute atomic E-state index is 12.8. The Labute approximate surface area is 179 Å². The summed E-state index contributed by atoms with van der Waals surface area (Å²) in [7, 11) is 0. The summed E-state index contributed by atoms with van der Waals surface area (Å²) in [4.78, 5) is 15.0. The van der Waals surface area contributed by atoms with Gasteiger partial charge in [-0.2, -0.15) is 5.10 Å². The van der Waals surface area contributed by atoms with Gasteiger partial charge < -0.3 is 15.2 Å². The molecular formula is C23H34N4O3. The summed E-state index contributed by atoms with van der Waals surface area (Å²) in [5.41, 5.74) is 5.05. The molecule has 0 spiro atoms. The van der Waals surface area contributed by atoms with Crippen LogP contribution in [-0.4, -0.2) is 51.5 Å². The molecule has 2 atom stereocenters. The third-order valence-corrected chi connectivity index (χ3v) is 5.76. The van der Waals surface area contributed by atoms with Crippen molar-refractivity contribution in [3.05, 3.63) is 46.8 Å². The van der Waals surface area contributed by atoms with Crippen molar-refractivity contribution >= 4 is 11.6 Å². The van der Waals surface area contributed by atoms with E-state index >= 15 is 0 Å². The van der Waals surface area contributed by atoms with Gasteiger partial charge in [0.1, 0.15) is 6.73 Å². The lowest BCUT2D eigenvalue weighted by atomic mass is 9.98. The molecule has 7 heteroatoms. The minimum absolute atomic E-state index is 0.0000953. The fraction of sp³-hybridized carbons (Fsp3) is 0.565. The summed E-state index contributed by atoms with van der Waals surface area (Å²) in [5.74, 6) is -0.176. The van der Waals surface area contributed by atoms with Crippen molar-refractivity contribution in [3.8, 4) is 0 Å². The maximum atomic E-state index is 12.8. The van der Waals surface area contributed by atoms with E-state index in [0.717, 1.165) is 47.7 Å². The zero-order valence-corrected chi connectivity index (χ0v) is 18.5. The zero-order valence-electron chi connectivity index (χ0n) is 18.5. The first-order chi connectivity index (χ1) is 14.4.